The van der Waals surface area contributed by atoms with Crippen LogP contribution in [-0.4, -0.2) is 23.3 Å². The summed E-state index contributed by atoms with van der Waals surface area (Å²) in [6.45, 7) is 2.34. The van der Waals surface area contributed by atoms with E-state index in [1.54, 1.807) is 30.1 Å². The number of hydrogen-bond acceptors (Lipinski definition) is 4. The van der Waals surface area contributed by atoms with Crippen LogP contribution < -0.4 is 10.1 Å². The molecule has 0 saturated carbocycles. The number of amides is 1. The van der Waals surface area contributed by atoms with Gasteiger partial charge in [-0.15, -0.1) is 11.8 Å². The van der Waals surface area contributed by atoms with Crippen molar-refractivity contribution in [1.29, 1.82) is 0 Å². The van der Waals surface area contributed by atoms with Gasteiger partial charge in [0.15, 0.2) is 0 Å². The molecule has 1 aliphatic heterocycles. The number of aromatic nitrogens is 1. The van der Waals surface area contributed by atoms with Gasteiger partial charge in [-0.25, -0.2) is 4.98 Å². The molecule has 1 N–H and O–H groups in total. The van der Waals surface area contributed by atoms with Gasteiger partial charge in [-0.2, -0.15) is 0 Å². The van der Waals surface area contributed by atoms with Gasteiger partial charge in [0.2, 0.25) is 5.88 Å². The number of benzene rings is 1. The average molecular weight is 349 g/mol. The van der Waals surface area contributed by atoms with Crippen LogP contribution in [0.3, 0.4) is 0 Å². The number of ether oxygens (including phenoxy) is 1. The van der Waals surface area contributed by atoms with Gasteiger partial charge < -0.3 is 10.1 Å². The largest absolute Gasteiger partial charge is 0.477 e. The standard InChI is InChI=1S/C17H17ClN2O2S/c1-2-22-17-12(4-3-8-19-17)16(21)20-14-7-9-23-15-6-5-11(18)10-13(14)15/h3-6,8,10,14H,2,7,9H2,1H3,(H,20,21)/t14-/m0/s1. The van der Waals surface area contributed by atoms with Crippen molar-refractivity contribution in [1.82, 2.24) is 10.3 Å². The Hall–Kier alpha value is -1.72. The molecule has 2 aromatic rings. The van der Waals surface area contributed by atoms with Crippen LogP contribution in [0.4, 0.5) is 0 Å². The molecule has 3 rings (SSSR count). The first-order valence-electron chi connectivity index (χ1n) is 7.50. The molecule has 1 amide bonds. The third-order valence-corrected chi connectivity index (χ3v) is 4.97. The molecule has 6 heteroatoms. The fraction of sp³-hybridized carbons (Fsp3) is 0.294. The lowest BCUT2D eigenvalue weighted by molar-refractivity contribution is 0.0930. The van der Waals surface area contributed by atoms with E-state index in [4.69, 9.17) is 16.3 Å². The number of hydrogen-bond donors (Lipinski definition) is 1. The lowest BCUT2D eigenvalue weighted by Gasteiger charge is -2.26. The van der Waals surface area contributed by atoms with Crippen molar-refractivity contribution < 1.29 is 9.53 Å². The monoisotopic (exact) mass is 348 g/mol. The Bertz CT molecular complexity index is 723. The minimum Gasteiger partial charge on any atom is -0.477 e. The van der Waals surface area contributed by atoms with Crippen molar-refractivity contribution in [2.24, 2.45) is 0 Å². The number of rotatable bonds is 4. The van der Waals surface area contributed by atoms with Crippen LogP contribution >= 0.6 is 23.4 Å². The highest BCUT2D eigenvalue weighted by Crippen LogP contribution is 2.37. The Morgan fingerprint density at radius 2 is 2.35 bits per heavy atom. The van der Waals surface area contributed by atoms with Crippen molar-refractivity contribution in [3.05, 3.63) is 52.7 Å². The summed E-state index contributed by atoms with van der Waals surface area (Å²) in [5, 5.41) is 3.77. The van der Waals surface area contributed by atoms with E-state index >= 15 is 0 Å². The number of carbonyl (C=O) groups excluding carboxylic acids is 1. The number of halogens is 1. The third kappa shape index (κ3) is 3.62. The van der Waals surface area contributed by atoms with Crippen molar-refractivity contribution in [3.8, 4) is 5.88 Å². The van der Waals surface area contributed by atoms with Gasteiger partial charge in [0.25, 0.3) is 5.91 Å². The second-order valence-electron chi connectivity index (χ2n) is 5.13. The van der Waals surface area contributed by atoms with E-state index in [0.717, 1.165) is 17.7 Å². The molecule has 0 fully saturated rings. The van der Waals surface area contributed by atoms with E-state index in [1.807, 2.05) is 25.1 Å². The highest BCUT2D eigenvalue weighted by atomic mass is 35.5. The topological polar surface area (TPSA) is 51.2 Å². The zero-order valence-corrected chi connectivity index (χ0v) is 14.3. The van der Waals surface area contributed by atoms with E-state index in [9.17, 15) is 4.79 Å². The maximum absolute atomic E-state index is 12.6. The summed E-state index contributed by atoms with van der Waals surface area (Å²) in [6.07, 6.45) is 2.49. The van der Waals surface area contributed by atoms with Crippen LogP contribution in [0.15, 0.2) is 41.4 Å². The molecule has 1 aromatic carbocycles. The molecule has 2 heterocycles. The SMILES string of the molecule is CCOc1ncccc1C(=O)N[C@H]1CCSc2ccc(Cl)cc21. The van der Waals surface area contributed by atoms with E-state index in [0.29, 0.717) is 23.1 Å². The Kier molecular flexibility index (Phi) is 5.08. The number of nitrogens with zero attached hydrogens (tertiary/aromatic N) is 1. The van der Waals surface area contributed by atoms with Crippen LogP contribution in [0.1, 0.15) is 35.3 Å². The van der Waals surface area contributed by atoms with E-state index in [-0.39, 0.29) is 11.9 Å². The van der Waals surface area contributed by atoms with Gasteiger partial charge in [-0.05, 0) is 49.2 Å². The van der Waals surface area contributed by atoms with Crippen molar-refractivity contribution in [2.75, 3.05) is 12.4 Å². The summed E-state index contributed by atoms with van der Waals surface area (Å²) in [7, 11) is 0. The molecule has 1 atom stereocenters. The lowest BCUT2D eigenvalue weighted by Crippen LogP contribution is -2.31. The summed E-state index contributed by atoms with van der Waals surface area (Å²) in [6, 6.07) is 9.23. The number of thioether (sulfide) groups is 1. The first kappa shape index (κ1) is 16.1. The molecule has 120 valence electrons. The summed E-state index contributed by atoms with van der Waals surface area (Å²) in [5.41, 5.74) is 1.53. The van der Waals surface area contributed by atoms with Crippen molar-refractivity contribution in [2.45, 2.75) is 24.3 Å². The van der Waals surface area contributed by atoms with Gasteiger partial charge in [0.1, 0.15) is 5.56 Å². The van der Waals surface area contributed by atoms with E-state index < -0.39 is 0 Å². The second kappa shape index (κ2) is 7.23. The van der Waals surface area contributed by atoms with E-state index in [1.165, 1.54) is 4.90 Å². The normalized spacial score (nSPS) is 16.5. The molecule has 23 heavy (non-hydrogen) atoms. The molecule has 1 aliphatic rings. The van der Waals surface area contributed by atoms with Crippen LogP contribution in [-0.2, 0) is 0 Å². The van der Waals surface area contributed by atoms with Gasteiger partial charge in [-0.1, -0.05) is 11.6 Å². The van der Waals surface area contributed by atoms with E-state index in [2.05, 4.69) is 10.3 Å². The molecular formula is C17H17ClN2O2S. The molecule has 0 aliphatic carbocycles. The molecule has 4 nitrogen and oxygen atoms in total. The molecule has 1 aromatic heterocycles. The maximum Gasteiger partial charge on any atom is 0.257 e. The predicted molar refractivity (Wildman–Crippen MR) is 92.4 cm³/mol. The zero-order valence-electron chi connectivity index (χ0n) is 12.7. The summed E-state index contributed by atoms with van der Waals surface area (Å²) >= 11 is 7.90. The smallest absolute Gasteiger partial charge is 0.257 e. The molecule has 0 radical (unpaired) electrons. The number of fused-ring (bicyclic) bond motifs is 1. The van der Waals surface area contributed by atoms with Crippen molar-refractivity contribution >= 4 is 29.3 Å². The van der Waals surface area contributed by atoms with Crippen LogP contribution in [0.25, 0.3) is 0 Å². The Morgan fingerprint density at radius 1 is 1.48 bits per heavy atom. The second-order valence-corrected chi connectivity index (χ2v) is 6.71. The minimum absolute atomic E-state index is 0.0490. The molecule has 0 unspecified atom stereocenters. The predicted octanol–water partition coefficient (Wildman–Crippen LogP) is 4.10. The Labute approximate surface area is 144 Å². The highest BCUT2D eigenvalue weighted by molar-refractivity contribution is 7.99. The fourth-order valence-electron chi connectivity index (χ4n) is 2.57. The summed E-state index contributed by atoms with van der Waals surface area (Å²) in [4.78, 5) is 17.9. The summed E-state index contributed by atoms with van der Waals surface area (Å²) in [5.74, 6) is 1.15. The maximum atomic E-state index is 12.6. The van der Waals surface area contributed by atoms with Gasteiger partial charge >= 0.3 is 0 Å². The first-order chi connectivity index (χ1) is 11.2. The number of carbonyl (C=O) groups is 1. The fourth-order valence-corrected chi connectivity index (χ4v) is 3.85. The average Bonchev–Trinajstić information content (AvgIpc) is 2.56. The van der Waals surface area contributed by atoms with Crippen LogP contribution in [0, 0.1) is 0 Å². The quantitative estimate of drug-likeness (QED) is 0.903. The van der Waals surface area contributed by atoms with Crippen LogP contribution in [0.2, 0.25) is 5.02 Å². The molecule has 0 spiro atoms. The third-order valence-electron chi connectivity index (χ3n) is 3.61. The van der Waals surface area contributed by atoms with Gasteiger partial charge in [0, 0.05) is 21.9 Å². The first-order valence-corrected chi connectivity index (χ1v) is 8.86. The molecular weight excluding hydrogens is 332 g/mol. The number of pyridine rings is 1. The number of nitrogens with one attached hydrogen (secondary N) is 1. The zero-order chi connectivity index (χ0) is 16.2. The Balaban J connectivity index is 1.83. The Morgan fingerprint density at radius 3 is 3.17 bits per heavy atom. The molecule has 0 saturated heterocycles. The van der Waals surface area contributed by atoms with Gasteiger partial charge in [0.05, 0.1) is 12.6 Å². The van der Waals surface area contributed by atoms with Crippen LogP contribution in [0.5, 0.6) is 5.88 Å². The lowest BCUT2D eigenvalue weighted by atomic mass is 10.0. The highest BCUT2D eigenvalue weighted by Gasteiger charge is 2.24. The minimum atomic E-state index is -0.177. The summed E-state index contributed by atoms with van der Waals surface area (Å²) < 4.78 is 5.44. The van der Waals surface area contributed by atoms with Gasteiger partial charge in [-0.3, -0.25) is 4.79 Å². The molecule has 0 bridgehead atoms. The van der Waals surface area contributed by atoms with Crippen molar-refractivity contribution in [3.63, 3.8) is 0 Å².